The van der Waals surface area contributed by atoms with Crippen molar-refractivity contribution in [1.82, 2.24) is 4.90 Å². The topological polar surface area (TPSA) is 55.8 Å². The summed E-state index contributed by atoms with van der Waals surface area (Å²) in [6.07, 6.45) is 0. The monoisotopic (exact) mass is 279 g/mol. The Hall–Kier alpha value is -1.88. The van der Waals surface area contributed by atoms with Gasteiger partial charge in [-0.05, 0) is 5.56 Å². The number of carbonyl (C=O) groups is 2. The lowest BCUT2D eigenvalue weighted by atomic mass is 10.1. The minimum Gasteiger partial charge on any atom is -0.469 e. The Morgan fingerprint density at radius 2 is 1.85 bits per heavy atom. The predicted molar refractivity (Wildman–Crippen MR) is 74.9 cm³/mol. The summed E-state index contributed by atoms with van der Waals surface area (Å²) < 4.78 is 9.58. The van der Waals surface area contributed by atoms with E-state index in [-0.39, 0.29) is 24.4 Å². The Bertz CT molecular complexity index is 433. The van der Waals surface area contributed by atoms with Crippen LogP contribution >= 0.6 is 0 Å². The van der Waals surface area contributed by atoms with Gasteiger partial charge in [-0.25, -0.2) is 0 Å². The highest BCUT2D eigenvalue weighted by atomic mass is 16.5. The average Bonchev–Trinajstić information content (AvgIpc) is 2.46. The summed E-state index contributed by atoms with van der Waals surface area (Å²) in [5.41, 5.74) is 1.01. The van der Waals surface area contributed by atoms with E-state index in [9.17, 15) is 9.59 Å². The second-order valence-corrected chi connectivity index (χ2v) is 4.62. The zero-order valence-corrected chi connectivity index (χ0v) is 12.2. The Morgan fingerprint density at radius 1 is 1.20 bits per heavy atom. The van der Waals surface area contributed by atoms with E-state index in [0.717, 1.165) is 5.56 Å². The van der Waals surface area contributed by atoms with E-state index in [0.29, 0.717) is 13.1 Å². The van der Waals surface area contributed by atoms with Gasteiger partial charge in [0.15, 0.2) is 0 Å². The molecule has 1 aromatic carbocycles. The van der Waals surface area contributed by atoms with E-state index in [4.69, 9.17) is 9.47 Å². The standard InChI is InChI=1S/C15H21NO4/c1-12(15(18)20-3)9-16(14(17)11-19-2)10-13-7-5-4-6-8-13/h4-8,12H,9-11H2,1-3H3. The van der Waals surface area contributed by atoms with Gasteiger partial charge in [0, 0.05) is 20.2 Å². The number of carbonyl (C=O) groups excluding carboxylic acids is 2. The molecule has 0 spiro atoms. The van der Waals surface area contributed by atoms with Crippen LogP contribution in [0.3, 0.4) is 0 Å². The molecule has 0 bridgehead atoms. The fraction of sp³-hybridized carbons (Fsp3) is 0.467. The maximum Gasteiger partial charge on any atom is 0.310 e. The summed E-state index contributed by atoms with van der Waals surface area (Å²) in [5, 5.41) is 0. The number of methoxy groups -OCH3 is 2. The van der Waals surface area contributed by atoms with Gasteiger partial charge in [-0.15, -0.1) is 0 Å². The largest absolute Gasteiger partial charge is 0.469 e. The van der Waals surface area contributed by atoms with Crippen LogP contribution in [0.2, 0.25) is 0 Å². The van der Waals surface area contributed by atoms with Crippen molar-refractivity contribution < 1.29 is 19.1 Å². The molecule has 0 heterocycles. The highest BCUT2D eigenvalue weighted by molar-refractivity contribution is 5.79. The van der Waals surface area contributed by atoms with Crippen LogP contribution in [0.4, 0.5) is 0 Å². The van der Waals surface area contributed by atoms with E-state index < -0.39 is 0 Å². The molecule has 5 nitrogen and oxygen atoms in total. The quantitative estimate of drug-likeness (QED) is 0.709. The second kappa shape index (κ2) is 8.32. The normalized spacial score (nSPS) is 11.8. The predicted octanol–water partition coefficient (Wildman–Crippen LogP) is 1.47. The zero-order valence-electron chi connectivity index (χ0n) is 12.2. The van der Waals surface area contributed by atoms with Gasteiger partial charge in [0.25, 0.3) is 0 Å². The minimum absolute atomic E-state index is 0.000720. The number of esters is 1. The number of ether oxygens (including phenoxy) is 2. The molecule has 1 aromatic rings. The van der Waals surface area contributed by atoms with Crippen LogP contribution in [0.5, 0.6) is 0 Å². The van der Waals surface area contributed by atoms with Crippen LogP contribution in [-0.2, 0) is 25.6 Å². The molecule has 110 valence electrons. The van der Waals surface area contributed by atoms with E-state index in [1.165, 1.54) is 14.2 Å². The first-order chi connectivity index (χ1) is 9.58. The fourth-order valence-corrected chi connectivity index (χ4v) is 1.88. The zero-order chi connectivity index (χ0) is 15.0. The first-order valence-corrected chi connectivity index (χ1v) is 6.47. The van der Waals surface area contributed by atoms with Crippen molar-refractivity contribution in [2.45, 2.75) is 13.5 Å². The molecule has 1 atom stereocenters. The lowest BCUT2D eigenvalue weighted by molar-refractivity contribution is -0.147. The smallest absolute Gasteiger partial charge is 0.310 e. The molecule has 0 saturated heterocycles. The van der Waals surface area contributed by atoms with Crippen molar-refractivity contribution in [1.29, 1.82) is 0 Å². The van der Waals surface area contributed by atoms with Crippen molar-refractivity contribution in [3.8, 4) is 0 Å². The molecular formula is C15H21NO4. The molecule has 20 heavy (non-hydrogen) atoms. The molecule has 0 aliphatic heterocycles. The van der Waals surface area contributed by atoms with Crippen molar-refractivity contribution in [2.24, 2.45) is 5.92 Å². The maximum atomic E-state index is 12.0. The lowest BCUT2D eigenvalue weighted by Crippen LogP contribution is -2.38. The van der Waals surface area contributed by atoms with Crippen molar-refractivity contribution in [3.63, 3.8) is 0 Å². The van der Waals surface area contributed by atoms with Crippen LogP contribution in [0.1, 0.15) is 12.5 Å². The Kier molecular flexibility index (Phi) is 6.73. The van der Waals surface area contributed by atoms with Gasteiger partial charge in [0.2, 0.25) is 5.91 Å². The van der Waals surface area contributed by atoms with Gasteiger partial charge >= 0.3 is 5.97 Å². The summed E-state index contributed by atoms with van der Waals surface area (Å²) >= 11 is 0. The van der Waals surface area contributed by atoms with Crippen molar-refractivity contribution in [2.75, 3.05) is 27.4 Å². The molecule has 1 rings (SSSR count). The summed E-state index contributed by atoms with van der Waals surface area (Å²) in [7, 11) is 2.82. The molecule has 0 aromatic heterocycles. The van der Waals surface area contributed by atoms with Gasteiger partial charge in [-0.1, -0.05) is 37.3 Å². The molecule has 1 amide bonds. The number of hydrogen-bond donors (Lipinski definition) is 0. The van der Waals surface area contributed by atoms with E-state index in [1.807, 2.05) is 30.3 Å². The molecule has 0 N–H and O–H groups in total. The van der Waals surface area contributed by atoms with E-state index in [1.54, 1.807) is 11.8 Å². The summed E-state index contributed by atoms with van der Waals surface area (Å²) in [5.74, 6) is -0.843. The third-order valence-corrected chi connectivity index (χ3v) is 2.93. The number of benzene rings is 1. The number of hydrogen-bond acceptors (Lipinski definition) is 4. The van der Waals surface area contributed by atoms with Crippen LogP contribution in [0.25, 0.3) is 0 Å². The molecule has 0 saturated carbocycles. The van der Waals surface area contributed by atoms with Gasteiger partial charge in [0.1, 0.15) is 6.61 Å². The average molecular weight is 279 g/mol. The molecule has 0 fully saturated rings. The minimum atomic E-state index is -0.371. The lowest BCUT2D eigenvalue weighted by Gasteiger charge is -2.25. The number of amides is 1. The van der Waals surface area contributed by atoms with Gasteiger partial charge in [-0.3, -0.25) is 9.59 Å². The van der Waals surface area contributed by atoms with Crippen molar-refractivity contribution in [3.05, 3.63) is 35.9 Å². The van der Waals surface area contributed by atoms with Gasteiger partial charge in [-0.2, -0.15) is 0 Å². The third-order valence-electron chi connectivity index (χ3n) is 2.93. The maximum absolute atomic E-state index is 12.0. The molecule has 5 heteroatoms. The van der Waals surface area contributed by atoms with Crippen LogP contribution in [0, 0.1) is 5.92 Å². The van der Waals surface area contributed by atoms with Crippen LogP contribution < -0.4 is 0 Å². The summed E-state index contributed by atoms with van der Waals surface area (Å²) in [6, 6.07) is 9.63. The molecule has 0 aliphatic carbocycles. The summed E-state index contributed by atoms with van der Waals surface area (Å²) in [6.45, 7) is 2.50. The highest BCUT2D eigenvalue weighted by Crippen LogP contribution is 2.09. The Labute approximate surface area is 119 Å². The summed E-state index contributed by atoms with van der Waals surface area (Å²) in [4.78, 5) is 25.1. The SMILES string of the molecule is COCC(=O)N(Cc1ccccc1)CC(C)C(=O)OC. The van der Waals surface area contributed by atoms with Crippen LogP contribution in [-0.4, -0.2) is 44.1 Å². The van der Waals surface area contributed by atoms with Gasteiger partial charge < -0.3 is 14.4 Å². The third kappa shape index (κ3) is 5.01. The molecular weight excluding hydrogens is 258 g/mol. The number of nitrogens with zero attached hydrogens (tertiary/aromatic N) is 1. The molecule has 0 radical (unpaired) electrons. The Balaban J connectivity index is 2.75. The van der Waals surface area contributed by atoms with E-state index in [2.05, 4.69) is 0 Å². The molecule has 0 aliphatic rings. The molecule has 1 unspecified atom stereocenters. The van der Waals surface area contributed by atoms with E-state index >= 15 is 0 Å². The highest BCUT2D eigenvalue weighted by Gasteiger charge is 2.21. The van der Waals surface area contributed by atoms with Crippen molar-refractivity contribution >= 4 is 11.9 Å². The number of rotatable bonds is 7. The first-order valence-electron chi connectivity index (χ1n) is 6.47. The van der Waals surface area contributed by atoms with Crippen LogP contribution in [0.15, 0.2) is 30.3 Å². The van der Waals surface area contributed by atoms with Gasteiger partial charge in [0.05, 0.1) is 13.0 Å². The second-order valence-electron chi connectivity index (χ2n) is 4.62. The fourth-order valence-electron chi connectivity index (χ4n) is 1.88. The first kappa shape index (κ1) is 16.2. The Morgan fingerprint density at radius 3 is 2.40 bits per heavy atom.